The molecule has 1 heterocycles. The first-order valence-corrected chi connectivity index (χ1v) is 6.33. The molecule has 0 radical (unpaired) electrons. The number of nitrogens with zero attached hydrogens (tertiary/aromatic N) is 2. The molecule has 1 aromatic rings. The second kappa shape index (κ2) is 6.00. The number of hydrogen-bond acceptors (Lipinski definition) is 3. The Morgan fingerprint density at radius 1 is 1.44 bits per heavy atom. The average Bonchev–Trinajstić information content (AvgIpc) is 2.67. The number of aryl methyl sites for hydroxylation is 1. The Labute approximate surface area is 108 Å². The van der Waals surface area contributed by atoms with E-state index in [0.717, 1.165) is 5.69 Å². The fourth-order valence-corrected chi connectivity index (χ4v) is 1.66. The third-order valence-corrected chi connectivity index (χ3v) is 2.98. The van der Waals surface area contributed by atoms with Crippen molar-refractivity contribution >= 4 is 5.91 Å². The van der Waals surface area contributed by atoms with E-state index in [1.165, 1.54) is 0 Å². The van der Waals surface area contributed by atoms with Crippen molar-refractivity contribution in [3.05, 3.63) is 17.5 Å². The van der Waals surface area contributed by atoms with Crippen LogP contribution in [0.5, 0.6) is 0 Å². The number of carbonyl (C=O) groups is 1. The smallest absolute Gasteiger partial charge is 0.271 e. The lowest BCUT2D eigenvalue weighted by Crippen LogP contribution is -2.34. The molecule has 0 fully saturated rings. The van der Waals surface area contributed by atoms with Gasteiger partial charge in [-0.25, -0.2) is 0 Å². The summed E-state index contributed by atoms with van der Waals surface area (Å²) in [6.07, 6.45) is -0.526. The molecule has 0 aromatic carbocycles. The number of aliphatic hydroxyl groups is 1. The standard InChI is InChI=1S/C13H23N3O2/c1-8(2)11-6-10(15-16(11)5)13(18)14-7-12(17)9(3)4/h6,8-9,12,17H,7H2,1-5H3,(H,14,18). The van der Waals surface area contributed by atoms with E-state index >= 15 is 0 Å². The van der Waals surface area contributed by atoms with E-state index in [1.54, 1.807) is 10.7 Å². The summed E-state index contributed by atoms with van der Waals surface area (Å²) in [5.41, 5.74) is 1.42. The summed E-state index contributed by atoms with van der Waals surface area (Å²) in [5.74, 6) is 0.211. The second-order valence-corrected chi connectivity index (χ2v) is 5.25. The van der Waals surface area contributed by atoms with Crippen LogP contribution in [-0.4, -0.2) is 33.4 Å². The van der Waals surface area contributed by atoms with Gasteiger partial charge in [-0.15, -0.1) is 0 Å². The fraction of sp³-hybridized carbons (Fsp3) is 0.692. The molecule has 1 amide bonds. The van der Waals surface area contributed by atoms with Gasteiger partial charge in [0.2, 0.25) is 0 Å². The molecule has 2 N–H and O–H groups in total. The third kappa shape index (κ3) is 3.57. The molecule has 0 bridgehead atoms. The van der Waals surface area contributed by atoms with E-state index in [4.69, 9.17) is 0 Å². The van der Waals surface area contributed by atoms with Crippen molar-refractivity contribution in [1.29, 1.82) is 0 Å². The van der Waals surface area contributed by atoms with Gasteiger partial charge in [0.1, 0.15) is 5.69 Å². The molecule has 1 atom stereocenters. The average molecular weight is 253 g/mol. The zero-order chi connectivity index (χ0) is 13.9. The van der Waals surface area contributed by atoms with E-state index in [2.05, 4.69) is 24.3 Å². The van der Waals surface area contributed by atoms with Crippen LogP contribution in [0, 0.1) is 5.92 Å². The van der Waals surface area contributed by atoms with Gasteiger partial charge in [-0.1, -0.05) is 27.7 Å². The highest BCUT2D eigenvalue weighted by atomic mass is 16.3. The number of nitrogens with one attached hydrogen (secondary N) is 1. The van der Waals surface area contributed by atoms with E-state index in [9.17, 15) is 9.90 Å². The van der Waals surface area contributed by atoms with Crippen LogP contribution in [0.25, 0.3) is 0 Å². The number of rotatable bonds is 5. The van der Waals surface area contributed by atoms with Crippen molar-refractivity contribution in [3.63, 3.8) is 0 Å². The normalized spacial score (nSPS) is 13.1. The van der Waals surface area contributed by atoms with Crippen LogP contribution in [0.4, 0.5) is 0 Å². The van der Waals surface area contributed by atoms with E-state index in [1.807, 2.05) is 20.9 Å². The Kier molecular flexibility index (Phi) is 4.90. The SMILES string of the molecule is CC(C)c1cc(C(=O)NCC(O)C(C)C)nn1C. The Hall–Kier alpha value is -1.36. The first-order chi connectivity index (χ1) is 8.32. The molecule has 0 saturated heterocycles. The van der Waals surface area contributed by atoms with Crippen LogP contribution in [0.3, 0.4) is 0 Å². The quantitative estimate of drug-likeness (QED) is 0.831. The number of hydrogen-bond donors (Lipinski definition) is 2. The van der Waals surface area contributed by atoms with E-state index < -0.39 is 6.10 Å². The van der Waals surface area contributed by atoms with Crippen LogP contribution in [0.2, 0.25) is 0 Å². The summed E-state index contributed by atoms with van der Waals surface area (Å²) in [5, 5.41) is 16.5. The van der Waals surface area contributed by atoms with Crippen LogP contribution < -0.4 is 5.32 Å². The molecule has 1 rings (SSSR count). The molecule has 0 aliphatic carbocycles. The zero-order valence-electron chi connectivity index (χ0n) is 11.8. The van der Waals surface area contributed by atoms with Crippen molar-refractivity contribution in [3.8, 4) is 0 Å². The Balaban J connectivity index is 2.65. The van der Waals surface area contributed by atoms with Gasteiger partial charge in [-0.3, -0.25) is 9.48 Å². The molecule has 1 aromatic heterocycles. The lowest BCUT2D eigenvalue weighted by atomic mass is 10.1. The molecule has 0 spiro atoms. The monoisotopic (exact) mass is 253 g/mol. The summed E-state index contributed by atoms with van der Waals surface area (Å²) in [6, 6.07) is 1.79. The Morgan fingerprint density at radius 2 is 2.06 bits per heavy atom. The van der Waals surface area contributed by atoms with Gasteiger partial charge < -0.3 is 10.4 Å². The van der Waals surface area contributed by atoms with Gasteiger partial charge in [0.05, 0.1) is 6.10 Å². The largest absolute Gasteiger partial charge is 0.391 e. The minimum atomic E-state index is -0.526. The second-order valence-electron chi connectivity index (χ2n) is 5.25. The van der Waals surface area contributed by atoms with Crippen LogP contribution in [-0.2, 0) is 7.05 Å². The molecule has 0 aliphatic rings. The maximum absolute atomic E-state index is 11.9. The molecular weight excluding hydrogens is 230 g/mol. The predicted octanol–water partition coefficient (Wildman–Crippen LogP) is 1.29. The summed E-state index contributed by atoms with van der Waals surface area (Å²) >= 11 is 0. The van der Waals surface area contributed by atoms with Gasteiger partial charge in [0, 0.05) is 19.3 Å². The molecule has 1 unspecified atom stereocenters. The number of aromatic nitrogens is 2. The van der Waals surface area contributed by atoms with Crippen LogP contribution >= 0.6 is 0 Å². The first-order valence-electron chi connectivity index (χ1n) is 6.33. The summed E-state index contributed by atoms with van der Waals surface area (Å²) in [7, 11) is 1.83. The molecule has 0 aliphatic heterocycles. The highest BCUT2D eigenvalue weighted by Crippen LogP contribution is 2.14. The molecule has 18 heavy (non-hydrogen) atoms. The lowest BCUT2D eigenvalue weighted by Gasteiger charge is -2.14. The van der Waals surface area contributed by atoms with Crippen LogP contribution in [0.15, 0.2) is 6.07 Å². The zero-order valence-corrected chi connectivity index (χ0v) is 11.8. The number of carbonyl (C=O) groups excluding carboxylic acids is 1. The maximum atomic E-state index is 11.9. The van der Waals surface area contributed by atoms with Crippen molar-refractivity contribution in [2.75, 3.05) is 6.54 Å². The van der Waals surface area contributed by atoms with Gasteiger partial charge >= 0.3 is 0 Å². The topological polar surface area (TPSA) is 67.2 Å². The van der Waals surface area contributed by atoms with Crippen molar-refractivity contribution in [2.24, 2.45) is 13.0 Å². The third-order valence-electron chi connectivity index (χ3n) is 2.98. The summed E-state index contributed by atoms with van der Waals surface area (Å²) < 4.78 is 1.72. The first kappa shape index (κ1) is 14.7. The van der Waals surface area contributed by atoms with Crippen molar-refractivity contribution < 1.29 is 9.90 Å². The highest BCUT2D eigenvalue weighted by Gasteiger charge is 2.16. The lowest BCUT2D eigenvalue weighted by molar-refractivity contribution is 0.0866. The van der Waals surface area contributed by atoms with Crippen molar-refractivity contribution in [1.82, 2.24) is 15.1 Å². The molecule has 5 heteroatoms. The minimum absolute atomic E-state index is 0.125. The molecule has 102 valence electrons. The number of amides is 1. The number of aliphatic hydroxyl groups excluding tert-OH is 1. The molecular formula is C13H23N3O2. The fourth-order valence-electron chi connectivity index (χ4n) is 1.66. The van der Waals surface area contributed by atoms with Gasteiger partial charge in [-0.2, -0.15) is 5.10 Å². The van der Waals surface area contributed by atoms with Crippen molar-refractivity contribution in [2.45, 2.75) is 39.7 Å². The predicted molar refractivity (Wildman–Crippen MR) is 70.5 cm³/mol. The summed E-state index contributed by atoms with van der Waals surface area (Å²) in [6.45, 7) is 8.19. The highest BCUT2D eigenvalue weighted by molar-refractivity contribution is 5.92. The van der Waals surface area contributed by atoms with E-state index in [-0.39, 0.29) is 18.4 Å². The molecule has 5 nitrogen and oxygen atoms in total. The minimum Gasteiger partial charge on any atom is -0.391 e. The maximum Gasteiger partial charge on any atom is 0.271 e. The van der Waals surface area contributed by atoms with Crippen LogP contribution in [0.1, 0.15) is 49.8 Å². The molecule has 0 saturated carbocycles. The Bertz CT molecular complexity index is 410. The van der Waals surface area contributed by atoms with Gasteiger partial charge in [0.15, 0.2) is 0 Å². The van der Waals surface area contributed by atoms with Gasteiger partial charge in [-0.05, 0) is 17.9 Å². The summed E-state index contributed by atoms with van der Waals surface area (Å²) in [4.78, 5) is 11.9. The van der Waals surface area contributed by atoms with E-state index in [0.29, 0.717) is 11.6 Å². The Morgan fingerprint density at radius 3 is 2.50 bits per heavy atom. The van der Waals surface area contributed by atoms with Gasteiger partial charge in [0.25, 0.3) is 5.91 Å².